The minimum atomic E-state index is -0.246. The number of nitrogens with one attached hydrogen (secondary N) is 2. The minimum Gasteiger partial charge on any atom is -0.492 e. The van der Waals surface area contributed by atoms with Gasteiger partial charge >= 0.3 is 0 Å². The molecule has 0 aliphatic carbocycles. The predicted molar refractivity (Wildman–Crippen MR) is 124 cm³/mol. The molecule has 2 N–H and O–H groups in total. The Hall–Kier alpha value is -1.87. The van der Waals surface area contributed by atoms with Gasteiger partial charge in [0.25, 0.3) is 0 Å². The highest BCUT2D eigenvalue weighted by molar-refractivity contribution is 14.0. The summed E-state index contributed by atoms with van der Waals surface area (Å²) < 4.78 is 19.2. The van der Waals surface area contributed by atoms with Crippen LogP contribution in [0.25, 0.3) is 0 Å². The predicted octanol–water partition coefficient (Wildman–Crippen LogP) is 3.64. The summed E-state index contributed by atoms with van der Waals surface area (Å²) in [5, 5.41) is 6.53. The van der Waals surface area contributed by atoms with Crippen LogP contribution >= 0.6 is 24.0 Å². The van der Waals surface area contributed by atoms with Crippen LogP contribution in [0.15, 0.2) is 53.5 Å². The molecule has 2 aromatic rings. The molecule has 0 unspecified atom stereocenters. The summed E-state index contributed by atoms with van der Waals surface area (Å²) in [5.74, 6) is 1.31. The van der Waals surface area contributed by atoms with E-state index in [1.807, 2.05) is 51.4 Å². The van der Waals surface area contributed by atoms with Crippen LogP contribution in [-0.2, 0) is 13.1 Å². The number of guanidine groups is 1. The monoisotopic (exact) mass is 500 g/mol. The Morgan fingerprint density at radius 2 is 1.89 bits per heavy atom. The zero-order valence-corrected chi connectivity index (χ0v) is 19.1. The summed E-state index contributed by atoms with van der Waals surface area (Å²) in [4.78, 5) is 6.62. The molecule has 0 aliphatic heterocycles. The summed E-state index contributed by atoms with van der Waals surface area (Å²) in [6, 6.07) is 14.5. The number of para-hydroxylation sites is 1. The van der Waals surface area contributed by atoms with Gasteiger partial charge in [0, 0.05) is 25.2 Å². The first kappa shape index (κ1) is 24.2. The first-order chi connectivity index (χ1) is 13.1. The molecule has 0 bridgehead atoms. The molecule has 0 radical (unpaired) electrons. The molecule has 0 fully saturated rings. The van der Waals surface area contributed by atoms with E-state index in [-0.39, 0.29) is 29.8 Å². The fraction of sp³-hybridized carbons (Fsp3) is 0.381. The number of benzene rings is 2. The van der Waals surface area contributed by atoms with Crippen LogP contribution in [0, 0.1) is 5.82 Å². The molecule has 154 valence electrons. The lowest BCUT2D eigenvalue weighted by Gasteiger charge is -2.16. The summed E-state index contributed by atoms with van der Waals surface area (Å²) >= 11 is 0. The van der Waals surface area contributed by atoms with Crippen LogP contribution in [0.3, 0.4) is 0 Å². The van der Waals surface area contributed by atoms with Crippen LogP contribution in [-0.4, -0.2) is 44.7 Å². The van der Waals surface area contributed by atoms with Gasteiger partial charge in [0.15, 0.2) is 5.96 Å². The van der Waals surface area contributed by atoms with E-state index in [2.05, 4.69) is 20.5 Å². The van der Waals surface area contributed by atoms with E-state index in [1.54, 1.807) is 6.07 Å². The molecule has 2 aromatic carbocycles. The largest absolute Gasteiger partial charge is 0.492 e. The lowest BCUT2D eigenvalue weighted by atomic mass is 10.2. The Bertz CT molecular complexity index is 740. The quantitative estimate of drug-likeness (QED) is 0.314. The normalized spacial score (nSPS) is 11.1. The van der Waals surface area contributed by atoms with Crippen molar-refractivity contribution in [3.05, 3.63) is 65.5 Å². The van der Waals surface area contributed by atoms with Crippen molar-refractivity contribution < 1.29 is 9.13 Å². The zero-order valence-electron chi connectivity index (χ0n) is 16.7. The number of hydrogen-bond donors (Lipinski definition) is 2. The SMILES string of the molecule is CCNC(=NCc1cccc(F)c1)NCc1ccccc1OCCN(C)C.I. The van der Waals surface area contributed by atoms with Gasteiger partial charge in [0.05, 0.1) is 6.54 Å². The first-order valence-electron chi connectivity index (χ1n) is 9.20. The highest BCUT2D eigenvalue weighted by Gasteiger charge is 2.05. The molecule has 0 spiro atoms. The van der Waals surface area contributed by atoms with E-state index in [0.717, 1.165) is 30.0 Å². The van der Waals surface area contributed by atoms with Crippen LogP contribution in [0.4, 0.5) is 4.39 Å². The van der Waals surface area contributed by atoms with Gasteiger partial charge in [0.1, 0.15) is 18.2 Å². The second-order valence-corrected chi connectivity index (χ2v) is 6.44. The molecule has 0 atom stereocenters. The molecule has 0 aliphatic rings. The van der Waals surface area contributed by atoms with Crippen molar-refractivity contribution in [1.82, 2.24) is 15.5 Å². The fourth-order valence-corrected chi connectivity index (χ4v) is 2.46. The van der Waals surface area contributed by atoms with Gasteiger partial charge in [-0.15, -0.1) is 24.0 Å². The van der Waals surface area contributed by atoms with E-state index in [0.29, 0.717) is 25.7 Å². The molecule has 2 rings (SSSR count). The van der Waals surface area contributed by atoms with Crippen molar-refractivity contribution in [2.75, 3.05) is 33.8 Å². The lowest BCUT2D eigenvalue weighted by molar-refractivity contribution is 0.259. The van der Waals surface area contributed by atoms with E-state index >= 15 is 0 Å². The summed E-state index contributed by atoms with van der Waals surface area (Å²) in [5.41, 5.74) is 1.90. The Morgan fingerprint density at radius 1 is 1.11 bits per heavy atom. The van der Waals surface area contributed by atoms with Crippen LogP contribution in [0.5, 0.6) is 5.75 Å². The standard InChI is InChI=1S/C21H29FN4O.HI/c1-4-23-21(24-15-17-8-7-10-19(22)14-17)25-16-18-9-5-6-11-20(18)27-13-12-26(2)3;/h5-11,14H,4,12-13,15-16H2,1-3H3,(H2,23,24,25);1H. The van der Waals surface area contributed by atoms with Gasteiger partial charge in [-0.3, -0.25) is 0 Å². The Labute approximate surface area is 184 Å². The number of likely N-dealkylation sites (N-methyl/N-ethyl adjacent to an activating group) is 1. The van der Waals surface area contributed by atoms with Crippen LogP contribution in [0.1, 0.15) is 18.1 Å². The molecule has 0 amide bonds. The van der Waals surface area contributed by atoms with Crippen molar-refractivity contribution >= 4 is 29.9 Å². The Kier molecular flexibility index (Phi) is 11.5. The third-order valence-electron chi connectivity index (χ3n) is 3.87. The van der Waals surface area contributed by atoms with Crippen molar-refractivity contribution in [3.8, 4) is 5.75 Å². The van der Waals surface area contributed by atoms with E-state index < -0.39 is 0 Å². The minimum absolute atomic E-state index is 0. The molecular weight excluding hydrogens is 470 g/mol. The second kappa shape index (κ2) is 13.3. The third-order valence-corrected chi connectivity index (χ3v) is 3.87. The molecule has 0 saturated heterocycles. The second-order valence-electron chi connectivity index (χ2n) is 6.44. The fourth-order valence-electron chi connectivity index (χ4n) is 2.46. The van der Waals surface area contributed by atoms with Gasteiger partial charge < -0.3 is 20.3 Å². The van der Waals surface area contributed by atoms with Gasteiger partial charge in [-0.2, -0.15) is 0 Å². The maximum atomic E-state index is 13.3. The number of aliphatic imine (C=N–C) groups is 1. The maximum Gasteiger partial charge on any atom is 0.191 e. The van der Waals surface area contributed by atoms with E-state index in [9.17, 15) is 4.39 Å². The van der Waals surface area contributed by atoms with Crippen molar-refractivity contribution in [1.29, 1.82) is 0 Å². The molecule has 0 aromatic heterocycles. The molecular formula is C21H30FIN4O. The number of rotatable bonds is 9. The number of halogens is 2. The zero-order chi connectivity index (χ0) is 19.5. The molecule has 5 nitrogen and oxygen atoms in total. The highest BCUT2D eigenvalue weighted by atomic mass is 127. The van der Waals surface area contributed by atoms with Crippen LogP contribution in [0.2, 0.25) is 0 Å². The van der Waals surface area contributed by atoms with Gasteiger partial charge in [0.2, 0.25) is 0 Å². The Morgan fingerprint density at radius 3 is 2.61 bits per heavy atom. The topological polar surface area (TPSA) is 48.9 Å². The summed E-state index contributed by atoms with van der Waals surface area (Å²) in [6.45, 7) is 5.26. The lowest BCUT2D eigenvalue weighted by Crippen LogP contribution is -2.36. The van der Waals surface area contributed by atoms with E-state index in [4.69, 9.17) is 4.74 Å². The van der Waals surface area contributed by atoms with Crippen molar-refractivity contribution in [2.24, 2.45) is 4.99 Å². The number of hydrogen-bond acceptors (Lipinski definition) is 3. The molecule has 0 heterocycles. The third kappa shape index (κ3) is 8.88. The summed E-state index contributed by atoms with van der Waals surface area (Å²) in [6.07, 6.45) is 0. The van der Waals surface area contributed by atoms with Gasteiger partial charge in [-0.05, 0) is 44.8 Å². The Balaban J connectivity index is 0.00000392. The average molecular weight is 500 g/mol. The maximum absolute atomic E-state index is 13.3. The highest BCUT2D eigenvalue weighted by Crippen LogP contribution is 2.17. The molecule has 0 saturated carbocycles. The first-order valence-corrected chi connectivity index (χ1v) is 9.20. The van der Waals surface area contributed by atoms with Crippen molar-refractivity contribution in [2.45, 2.75) is 20.0 Å². The summed E-state index contributed by atoms with van der Waals surface area (Å²) in [7, 11) is 4.04. The number of ether oxygens (including phenoxy) is 1. The van der Waals surface area contributed by atoms with Crippen LogP contribution < -0.4 is 15.4 Å². The smallest absolute Gasteiger partial charge is 0.191 e. The molecule has 7 heteroatoms. The van der Waals surface area contributed by atoms with Gasteiger partial charge in [-0.25, -0.2) is 9.38 Å². The number of nitrogens with zero attached hydrogens (tertiary/aromatic N) is 2. The van der Waals surface area contributed by atoms with Crippen molar-refractivity contribution in [3.63, 3.8) is 0 Å². The van der Waals surface area contributed by atoms with Gasteiger partial charge in [-0.1, -0.05) is 30.3 Å². The van der Waals surface area contributed by atoms with E-state index in [1.165, 1.54) is 12.1 Å². The molecule has 28 heavy (non-hydrogen) atoms. The average Bonchev–Trinajstić information content (AvgIpc) is 2.65.